The lowest BCUT2D eigenvalue weighted by atomic mass is 10.0. The van der Waals surface area contributed by atoms with Gasteiger partial charge in [-0.1, -0.05) is 48.0 Å². The first-order valence-corrected chi connectivity index (χ1v) is 8.30. The van der Waals surface area contributed by atoms with Crippen molar-refractivity contribution in [3.8, 4) is 0 Å². The summed E-state index contributed by atoms with van der Waals surface area (Å²) in [6, 6.07) is 7.06. The maximum atomic E-state index is 4.36. The monoisotopic (exact) mass is 301 g/mol. The summed E-state index contributed by atoms with van der Waals surface area (Å²) in [5.41, 5.74) is 5.06. The Hall–Kier alpha value is -1.39. The van der Waals surface area contributed by atoms with E-state index in [1.807, 2.05) is 19.3 Å². The summed E-state index contributed by atoms with van der Waals surface area (Å²) in [7, 11) is 0. The minimum absolute atomic E-state index is 0.323. The van der Waals surface area contributed by atoms with Crippen molar-refractivity contribution in [3.05, 3.63) is 52.8 Å². The molecule has 0 aliphatic heterocycles. The zero-order valence-electron chi connectivity index (χ0n) is 13.2. The van der Waals surface area contributed by atoms with Gasteiger partial charge in [0.25, 0.3) is 0 Å². The number of aromatic nitrogens is 2. The van der Waals surface area contributed by atoms with E-state index >= 15 is 0 Å². The Morgan fingerprint density at radius 1 is 1.00 bits per heavy atom. The van der Waals surface area contributed by atoms with Crippen LogP contribution in [0.3, 0.4) is 0 Å². The summed E-state index contributed by atoms with van der Waals surface area (Å²) in [4.78, 5) is 8.73. The molecule has 1 heterocycles. The highest BCUT2D eigenvalue weighted by atomic mass is 32.2. The molecule has 0 amide bonds. The second-order valence-electron chi connectivity index (χ2n) is 5.39. The van der Waals surface area contributed by atoms with Gasteiger partial charge in [0, 0.05) is 24.2 Å². The van der Waals surface area contributed by atoms with Gasteiger partial charge in [-0.25, -0.2) is 9.97 Å². The number of nitrogens with one attached hydrogen (secondary N) is 1. The van der Waals surface area contributed by atoms with Gasteiger partial charge in [-0.15, -0.1) is 0 Å². The Bertz CT molecular complexity index is 561. The molecule has 1 aromatic carbocycles. The van der Waals surface area contributed by atoms with Crippen LogP contribution >= 0.6 is 11.8 Å². The summed E-state index contributed by atoms with van der Waals surface area (Å²) in [5, 5.41) is 4.40. The molecule has 2 aromatic rings. The zero-order valence-corrected chi connectivity index (χ0v) is 14.0. The molecule has 0 aliphatic carbocycles. The van der Waals surface area contributed by atoms with Crippen molar-refractivity contribution in [1.29, 1.82) is 0 Å². The van der Waals surface area contributed by atoms with Crippen molar-refractivity contribution in [2.75, 3.05) is 12.3 Å². The van der Waals surface area contributed by atoms with E-state index in [2.05, 4.69) is 54.3 Å². The molecular weight excluding hydrogens is 278 g/mol. The maximum absolute atomic E-state index is 4.36. The molecule has 112 valence electrons. The average Bonchev–Trinajstić information content (AvgIpc) is 2.44. The highest BCUT2D eigenvalue weighted by Gasteiger charge is 2.12. The molecule has 1 unspecified atom stereocenters. The Morgan fingerprint density at radius 2 is 1.62 bits per heavy atom. The van der Waals surface area contributed by atoms with E-state index < -0.39 is 0 Å². The first-order chi connectivity index (χ1) is 10.1. The first-order valence-electron chi connectivity index (χ1n) is 7.31. The van der Waals surface area contributed by atoms with Gasteiger partial charge in [-0.2, -0.15) is 0 Å². The lowest BCUT2D eigenvalue weighted by Gasteiger charge is -2.19. The van der Waals surface area contributed by atoms with Gasteiger partial charge in [-0.05, 0) is 38.4 Å². The lowest BCUT2D eigenvalue weighted by Crippen LogP contribution is -2.23. The van der Waals surface area contributed by atoms with E-state index in [1.165, 1.54) is 16.7 Å². The minimum atomic E-state index is 0.323. The molecule has 0 fully saturated rings. The topological polar surface area (TPSA) is 37.8 Å². The smallest absolute Gasteiger partial charge is 0.187 e. The third-order valence-corrected chi connectivity index (χ3v) is 4.20. The van der Waals surface area contributed by atoms with Gasteiger partial charge in [-0.3, -0.25) is 0 Å². The summed E-state index contributed by atoms with van der Waals surface area (Å²) in [5.74, 6) is 0.930. The number of hydrogen-bond acceptors (Lipinski definition) is 4. The van der Waals surface area contributed by atoms with Crippen LogP contribution in [0.4, 0.5) is 0 Å². The Balaban J connectivity index is 2.09. The Morgan fingerprint density at radius 3 is 2.19 bits per heavy atom. The maximum Gasteiger partial charge on any atom is 0.187 e. The summed E-state index contributed by atoms with van der Waals surface area (Å²) < 4.78 is 0. The zero-order chi connectivity index (χ0) is 15.2. The Labute approximate surface area is 131 Å². The van der Waals surface area contributed by atoms with Crippen LogP contribution in [0.25, 0.3) is 0 Å². The molecule has 21 heavy (non-hydrogen) atoms. The molecule has 1 atom stereocenters. The van der Waals surface area contributed by atoms with Crippen molar-refractivity contribution >= 4 is 11.8 Å². The van der Waals surface area contributed by atoms with E-state index in [9.17, 15) is 0 Å². The fourth-order valence-corrected chi connectivity index (χ4v) is 3.22. The molecule has 1 aromatic heterocycles. The molecular formula is C17H23N3S. The molecule has 2 rings (SSSR count). The van der Waals surface area contributed by atoms with Crippen molar-refractivity contribution in [2.24, 2.45) is 0 Å². The molecule has 0 saturated carbocycles. The van der Waals surface area contributed by atoms with Gasteiger partial charge in [0.05, 0.1) is 0 Å². The van der Waals surface area contributed by atoms with Crippen LogP contribution in [-0.4, -0.2) is 22.3 Å². The number of thioether (sulfide) groups is 1. The average molecular weight is 301 g/mol. The van der Waals surface area contributed by atoms with Gasteiger partial charge in [0.1, 0.15) is 0 Å². The number of benzene rings is 1. The third kappa shape index (κ3) is 4.83. The van der Waals surface area contributed by atoms with E-state index in [4.69, 9.17) is 0 Å². The highest BCUT2D eigenvalue weighted by Crippen LogP contribution is 2.24. The van der Waals surface area contributed by atoms with Gasteiger partial charge in [0.2, 0.25) is 0 Å². The predicted molar refractivity (Wildman–Crippen MR) is 89.8 cm³/mol. The van der Waals surface area contributed by atoms with Gasteiger partial charge >= 0.3 is 0 Å². The van der Waals surface area contributed by atoms with E-state index in [0.29, 0.717) is 6.04 Å². The largest absolute Gasteiger partial charge is 0.309 e. The Kier molecular flexibility index (Phi) is 5.76. The molecule has 0 saturated heterocycles. The van der Waals surface area contributed by atoms with Crippen molar-refractivity contribution in [3.63, 3.8) is 0 Å². The van der Waals surface area contributed by atoms with E-state index in [-0.39, 0.29) is 0 Å². The number of aryl methyl sites for hydroxylation is 3. The number of nitrogens with zero attached hydrogens (tertiary/aromatic N) is 2. The number of hydrogen-bond donors (Lipinski definition) is 1. The minimum Gasteiger partial charge on any atom is -0.309 e. The van der Waals surface area contributed by atoms with E-state index in [1.54, 1.807) is 11.8 Å². The van der Waals surface area contributed by atoms with Crippen molar-refractivity contribution in [2.45, 2.75) is 38.9 Å². The molecule has 0 spiro atoms. The first kappa shape index (κ1) is 16.0. The molecule has 0 radical (unpaired) electrons. The van der Waals surface area contributed by atoms with Crippen LogP contribution in [0, 0.1) is 20.8 Å². The molecule has 3 nitrogen and oxygen atoms in total. The fourth-order valence-electron chi connectivity index (χ4n) is 2.34. The quantitative estimate of drug-likeness (QED) is 0.650. The standard InChI is InChI=1S/C17H23N3S/c1-5-18-16(15-7-12(2)6-13(3)8-15)11-21-17-19-9-14(4)10-20-17/h6-10,16,18H,5,11H2,1-4H3. The normalized spacial score (nSPS) is 12.4. The SMILES string of the molecule is CCNC(CSc1ncc(C)cn1)c1cc(C)cc(C)c1. The predicted octanol–water partition coefficient (Wildman–Crippen LogP) is 3.84. The van der Waals surface area contributed by atoms with Crippen LogP contribution < -0.4 is 5.32 Å². The van der Waals surface area contributed by atoms with Crippen LogP contribution in [0.15, 0.2) is 35.7 Å². The summed E-state index contributed by atoms with van der Waals surface area (Å²) in [6.45, 7) is 9.40. The molecule has 0 bridgehead atoms. The van der Waals surface area contributed by atoms with Gasteiger partial charge in [0.15, 0.2) is 5.16 Å². The second kappa shape index (κ2) is 7.57. The third-order valence-electron chi connectivity index (χ3n) is 3.23. The van der Waals surface area contributed by atoms with Crippen LogP contribution in [0.1, 0.15) is 35.2 Å². The summed E-state index contributed by atoms with van der Waals surface area (Å²) in [6.07, 6.45) is 3.74. The molecule has 0 aliphatic rings. The van der Waals surface area contributed by atoms with Crippen molar-refractivity contribution < 1.29 is 0 Å². The number of rotatable bonds is 6. The second-order valence-corrected chi connectivity index (χ2v) is 6.37. The van der Waals surface area contributed by atoms with Crippen molar-refractivity contribution in [1.82, 2.24) is 15.3 Å². The van der Waals surface area contributed by atoms with Crippen LogP contribution in [0.2, 0.25) is 0 Å². The summed E-state index contributed by atoms with van der Waals surface area (Å²) >= 11 is 1.70. The van der Waals surface area contributed by atoms with Crippen LogP contribution in [-0.2, 0) is 0 Å². The van der Waals surface area contributed by atoms with Gasteiger partial charge < -0.3 is 5.32 Å². The molecule has 4 heteroatoms. The lowest BCUT2D eigenvalue weighted by molar-refractivity contribution is 0.604. The molecule has 1 N–H and O–H groups in total. The fraction of sp³-hybridized carbons (Fsp3) is 0.412. The highest BCUT2D eigenvalue weighted by molar-refractivity contribution is 7.99. The van der Waals surface area contributed by atoms with E-state index in [0.717, 1.165) is 23.0 Å². The van der Waals surface area contributed by atoms with Crippen LogP contribution in [0.5, 0.6) is 0 Å².